The Morgan fingerprint density at radius 2 is 1.92 bits per heavy atom. The average molecular weight is 403 g/mol. The van der Waals surface area contributed by atoms with Crippen LogP contribution in [0.2, 0.25) is 0 Å². The van der Waals surface area contributed by atoms with E-state index in [1.54, 1.807) is 6.07 Å². The van der Waals surface area contributed by atoms with Crippen molar-refractivity contribution in [1.29, 1.82) is 0 Å². The lowest BCUT2D eigenvalue weighted by atomic mass is 9.96. The lowest BCUT2D eigenvalue weighted by Gasteiger charge is -2.35. The van der Waals surface area contributed by atoms with Crippen LogP contribution in [0.3, 0.4) is 0 Å². The van der Waals surface area contributed by atoms with Gasteiger partial charge in [0.15, 0.2) is 11.5 Å². The largest absolute Gasteiger partial charge is 0.573 e. The van der Waals surface area contributed by atoms with Gasteiger partial charge in [0, 0.05) is 37.8 Å². The van der Waals surface area contributed by atoms with Crippen LogP contribution in [0.1, 0.15) is 24.9 Å². The van der Waals surface area contributed by atoms with E-state index in [1.807, 2.05) is 6.92 Å². The summed E-state index contributed by atoms with van der Waals surface area (Å²) in [4.78, 5) is 2.14. The number of para-hydroxylation sites is 1. The second kappa shape index (κ2) is 10.1. The van der Waals surface area contributed by atoms with Gasteiger partial charge < -0.3 is 15.2 Å². The van der Waals surface area contributed by atoms with Crippen molar-refractivity contribution >= 4 is 24.8 Å². The molecule has 25 heavy (non-hydrogen) atoms. The molecule has 0 aromatic heterocycles. The van der Waals surface area contributed by atoms with Gasteiger partial charge in [0.2, 0.25) is 0 Å². The summed E-state index contributed by atoms with van der Waals surface area (Å²) < 4.78 is 41.3. The molecule has 0 spiro atoms. The second-order valence-electron chi connectivity index (χ2n) is 5.70. The number of phenols is 1. The molecule has 0 amide bonds. The van der Waals surface area contributed by atoms with E-state index in [1.165, 1.54) is 6.07 Å². The molecule has 0 aliphatic carbocycles. The van der Waals surface area contributed by atoms with Crippen LogP contribution in [0.25, 0.3) is 0 Å². The van der Waals surface area contributed by atoms with Crippen molar-refractivity contribution in [1.82, 2.24) is 10.2 Å². The molecule has 1 atom stereocenters. The molecule has 1 aromatic rings. The number of nitrogens with zero attached hydrogens (tertiary/aromatic N) is 1. The highest BCUT2D eigenvalue weighted by Crippen LogP contribution is 2.40. The van der Waals surface area contributed by atoms with Gasteiger partial charge in [-0.05, 0) is 19.4 Å². The van der Waals surface area contributed by atoms with Crippen LogP contribution in [0.5, 0.6) is 11.5 Å². The third-order valence-electron chi connectivity index (χ3n) is 3.75. The van der Waals surface area contributed by atoms with E-state index in [4.69, 9.17) is 0 Å². The summed E-state index contributed by atoms with van der Waals surface area (Å²) in [6.07, 6.45) is -4.28. The Hall–Kier alpha value is -1.15. The van der Waals surface area contributed by atoms with Gasteiger partial charge >= 0.3 is 6.36 Å². The molecule has 1 heterocycles. The molecule has 1 aliphatic rings. The zero-order chi connectivity index (χ0) is 17.0. The number of ether oxygens (including phenoxy) is 1. The molecule has 1 aromatic carbocycles. The molecule has 0 saturated carbocycles. The van der Waals surface area contributed by atoms with Gasteiger partial charge in [-0.3, -0.25) is 4.90 Å². The number of hydrogen-bond donors (Lipinski definition) is 2. The normalized spacial score (nSPS) is 16.3. The van der Waals surface area contributed by atoms with Crippen molar-refractivity contribution in [3.8, 4) is 11.5 Å². The van der Waals surface area contributed by atoms with E-state index in [0.29, 0.717) is 12.0 Å². The first kappa shape index (κ1) is 23.9. The Morgan fingerprint density at radius 3 is 2.44 bits per heavy atom. The summed E-state index contributed by atoms with van der Waals surface area (Å²) in [6.45, 7) is 8.85. The highest BCUT2D eigenvalue weighted by Gasteiger charge is 2.34. The van der Waals surface area contributed by atoms with Gasteiger partial charge in [0.25, 0.3) is 0 Å². The standard InChI is InChI=1S/C16H21F3N2O2.2ClH/c1-11(2)10-13(21-8-6-20-7-9-21)12-4-3-5-14(15(12)22)23-16(17,18)19;;/h3-5,13,20,22H,1,6-10H2,2H3;2*1H/t13-;;/m1../s1. The highest BCUT2D eigenvalue weighted by molar-refractivity contribution is 5.85. The summed E-state index contributed by atoms with van der Waals surface area (Å²) >= 11 is 0. The Kier molecular flexibility index (Phi) is 9.64. The maximum absolute atomic E-state index is 12.5. The maximum Gasteiger partial charge on any atom is 0.573 e. The fraction of sp³-hybridized carbons (Fsp3) is 0.500. The molecule has 144 valence electrons. The smallest absolute Gasteiger partial charge is 0.504 e. The molecule has 4 nitrogen and oxygen atoms in total. The minimum atomic E-state index is -4.84. The third-order valence-corrected chi connectivity index (χ3v) is 3.75. The summed E-state index contributed by atoms with van der Waals surface area (Å²) in [5.74, 6) is -1.04. The average Bonchev–Trinajstić information content (AvgIpc) is 2.47. The first-order valence-electron chi connectivity index (χ1n) is 7.44. The van der Waals surface area contributed by atoms with Crippen LogP contribution < -0.4 is 10.1 Å². The summed E-state index contributed by atoms with van der Waals surface area (Å²) in [7, 11) is 0. The van der Waals surface area contributed by atoms with Crippen molar-refractivity contribution in [2.75, 3.05) is 26.2 Å². The fourth-order valence-electron chi connectivity index (χ4n) is 2.77. The quantitative estimate of drug-likeness (QED) is 0.729. The number of piperazine rings is 1. The van der Waals surface area contributed by atoms with E-state index in [9.17, 15) is 18.3 Å². The first-order valence-corrected chi connectivity index (χ1v) is 7.44. The van der Waals surface area contributed by atoms with Gasteiger partial charge in [-0.2, -0.15) is 0 Å². The van der Waals surface area contributed by atoms with E-state index in [2.05, 4.69) is 21.5 Å². The molecule has 1 saturated heterocycles. The molecule has 0 radical (unpaired) electrons. The van der Waals surface area contributed by atoms with Crippen molar-refractivity contribution < 1.29 is 23.0 Å². The molecule has 1 aliphatic heterocycles. The number of halogens is 5. The van der Waals surface area contributed by atoms with Crippen molar-refractivity contribution in [2.24, 2.45) is 0 Å². The number of benzene rings is 1. The maximum atomic E-state index is 12.5. The monoisotopic (exact) mass is 402 g/mol. The molecular weight excluding hydrogens is 380 g/mol. The molecule has 1 fully saturated rings. The number of aromatic hydroxyl groups is 1. The Bertz CT molecular complexity index is 565. The zero-order valence-corrected chi connectivity index (χ0v) is 15.4. The van der Waals surface area contributed by atoms with E-state index >= 15 is 0 Å². The molecule has 2 N–H and O–H groups in total. The van der Waals surface area contributed by atoms with Gasteiger partial charge in [-0.15, -0.1) is 44.6 Å². The minimum Gasteiger partial charge on any atom is -0.504 e. The second-order valence-corrected chi connectivity index (χ2v) is 5.70. The summed E-state index contributed by atoms with van der Waals surface area (Å²) in [6, 6.07) is 3.98. The van der Waals surface area contributed by atoms with Crippen LogP contribution in [0.4, 0.5) is 13.2 Å². The molecule has 0 bridgehead atoms. The van der Waals surface area contributed by atoms with Crippen LogP contribution in [0, 0.1) is 0 Å². The predicted octanol–water partition coefficient (Wildman–Crippen LogP) is 4.05. The van der Waals surface area contributed by atoms with E-state index in [-0.39, 0.29) is 30.9 Å². The first-order chi connectivity index (χ1) is 10.8. The van der Waals surface area contributed by atoms with Gasteiger partial charge in [-0.1, -0.05) is 17.7 Å². The van der Waals surface area contributed by atoms with Gasteiger partial charge in [0.05, 0.1) is 0 Å². The molecule has 9 heteroatoms. The molecule has 0 unspecified atom stereocenters. The van der Waals surface area contributed by atoms with Gasteiger partial charge in [-0.25, -0.2) is 0 Å². The third kappa shape index (κ3) is 6.93. The lowest BCUT2D eigenvalue weighted by Crippen LogP contribution is -2.45. The number of phenolic OH excluding ortho intramolecular Hbond substituents is 1. The van der Waals surface area contributed by atoms with Crippen molar-refractivity contribution in [3.05, 3.63) is 35.9 Å². The Balaban J connectivity index is 0.00000288. The topological polar surface area (TPSA) is 44.7 Å². The number of hydrogen-bond acceptors (Lipinski definition) is 4. The number of alkyl halides is 3. The fourth-order valence-corrected chi connectivity index (χ4v) is 2.77. The van der Waals surface area contributed by atoms with Crippen LogP contribution in [-0.4, -0.2) is 42.5 Å². The Labute approximate surface area is 157 Å². The van der Waals surface area contributed by atoms with Crippen molar-refractivity contribution in [2.45, 2.75) is 25.7 Å². The summed E-state index contributed by atoms with van der Waals surface area (Å²) in [5, 5.41) is 13.5. The van der Waals surface area contributed by atoms with Crippen molar-refractivity contribution in [3.63, 3.8) is 0 Å². The Morgan fingerprint density at radius 1 is 1.32 bits per heavy atom. The highest BCUT2D eigenvalue weighted by atomic mass is 35.5. The van der Waals surface area contributed by atoms with E-state index < -0.39 is 17.9 Å². The van der Waals surface area contributed by atoms with Crippen LogP contribution in [-0.2, 0) is 0 Å². The van der Waals surface area contributed by atoms with Gasteiger partial charge in [0.1, 0.15) is 0 Å². The zero-order valence-electron chi connectivity index (χ0n) is 13.8. The van der Waals surface area contributed by atoms with E-state index in [0.717, 1.165) is 37.8 Å². The lowest BCUT2D eigenvalue weighted by molar-refractivity contribution is -0.275. The van der Waals surface area contributed by atoms with Crippen LogP contribution in [0.15, 0.2) is 30.4 Å². The predicted molar refractivity (Wildman–Crippen MR) is 95.9 cm³/mol. The van der Waals surface area contributed by atoms with Crippen LogP contribution >= 0.6 is 24.8 Å². The molecular formula is C16H23Cl2F3N2O2. The SMILES string of the molecule is C=C(C)C[C@H](c1cccc(OC(F)(F)F)c1O)N1CCNCC1.Cl.Cl. The number of nitrogens with one attached hydrogen (secondary N) is 1. The summed E-state index contributed by atoms with van der Waals surface area (Å²) in [5.41, 5.74) is 1.33. The minimum absolute atomic E-state index is 0. The molecule has 2 rings (SSSR count). The number of rotatable bonds is 5.